The summed E-state index contributed by atoms with van der Waals surface area (Å²) < 4.78 is 5.26. The second kappa shape index (κ2) is 5.68. The van der Waals surface area contributed by atoms with E-state index in [4.69, 9.17) is 4.74 Å². The summed E-state index contributed by atoms with van der Waals surface area (Å²) in [5.41, 5.74) is 2.89. The quantitative estimate of drug-likeness (QED) is 0.671. The van der Waals surface area contributed by atoms with Crippen LogP contribution in [0.1, 0.15) is 50.7 Å². The lowest BCUT2D eigenvalue weighted by Gasteiger charge is -2.16. The summed E-state index contributed by atoms with van der Waals surface area (Å²) in [5, 5.41) is 0. The summed E-state index contributed by atoms with van der Waals surface area (Å²) in [6, 6.07) is 9.13. The molecule has 0 aliphatic carbocycles. The highest BCUT2D eigenvalue weighted by molar-refractivity contribution is 5.25. The highest BCUT2D eigenvalue weighted by Gasteiger charge is 2.22. The van der Waals surface area contributed by atoms with E-state index in [2.05, 4.69) is 45.0 Å². The molecule has 1 heteroatoms. The fourth-order valence-electron chi connectivity index (χ4n) is 2.34. The Balaban J connectivity index is 1.91. The van der Waals surface area contributed by atoms with Crippen molar-refractivity contribution in [1.29, 1.82) is 0 Å². The van der Waals surface area contributed by atoms with Crippen LogP contribution in [0, 0.1) is 5.92 Å². The van der Waals surface area contributed by atoms with E-state index in [1.165, 1.54) is 24.0 Å². The Morgan fingerprint density at radius 1 is 1.24 bits per heavy atom. The first kappa shape index (κ1) is 12.6. The van der Waals surface area contributed by atoms with Gasteiger partial charge in [0.05, 0.1) is 12.7 Å². The molecule has 1 nitrogen and oxygen atoms in total. The molecule has 94 valence electrons. The fourth-order valence-corrected chi connectivity index (χ4v) is 2.34. The summed E-state index contributed by atoms with van der Waals surface area (Å²) in [6.45, 7) is 7.91. The maximum Gasteiger partial charge on any atom is 0.0850 e. The number of rotatable bonds is 6. The van der Waals surface area contributed by atoms with Crippen molar-refractivity contribution in [3.05, 3.63) is 35.4 Å². The third-order valence-corrected chi connectivity index (χ3v) is 3.87. The van der Waals surface area contributed by atoms with Crippen molar-refractivity contribution in [2.45, 2.75) is 52.1 Å². The fraction of sp³-hybridized carbons (Fsp3) is 0.625. The van der Waals surface area contributed by atoms with Gasteiger partial charge >= 0.3 is 0 Å². The van der Waals surface area contributed by atoms with Crippen molar-refractivity contribution < 1.29 is 4.74 Å². The van der Waals surface area contributed by atoms with Crippen molar-refractivity contribution in [3.8, 4) is 0 Å². The van der Waals surface area contributed by atoms with Crippen molar-refractivity contribution in [1.82, 2.24) is 0 Å². The molecule has 1 aromatic carbocycles. The molecule has 1 aromatic rings. The van der Waals surface area contributed by atoms with Crippen LogP contribution in [0.2, 0.25) is 0 Å². The predicted molar refractivity (Wildman–Crippen MR) is 72.4 cm³/mol. The van der Waals surface area contributed by atoms with Crippen LogP contribution in [0.5, 0.6) is 0 Å². The molecule has 3 atom stereocenters. The minimum atomic E-state index is 0.499. The van der Waals surface area contributed by atoms with Crippen molar-refractivity contribution in [2.75, 3.05) is 6.61 Å². The van der Waals surface area contributed by atoms with Gasteiger partial charge in [0.2, 0.25) is 0 Å². The van der Waals surface area contributed by atoms with E-state index < -0.39 is 0 Å². The average molecular weight is 232 g/mol. The van der Waals surface area contributed by atoms with E-state index >= 15 is 0 Å². The number of epoxide rings is 1. The molecule has 0 bridgehead atoms. The van der Waals surface area contributed by atoms with Gasteiger partial charge in [-0.2, -0.15) is 0 Å². The van der Waals surface area contributed by atoms with Crippen LogP contribution in [0.15, 0.2) is 24.3 Å². The second-order valence-corrected chi connectivity index (χ2v) is 5.55. The van der Waals surface area contributed by atoms with E-state index in [0.29, 0.717) is 12.0 Å². The molecular formula is C16H24O. The van der Waals surface area contributed by atoms with Gasteiger partial charge in [0.25, 0.3) is 0 Å². The molecule has 2 rings (SSSR count). The van der Waals surface area contributed by atoms with Crippen LogP contribution >= 0.6 is 0 Å². The molecule has 0 N–H and O–H groups in total. The van der Waals surface area contributed by atoms with Gasteiger partial charge in [0, 0.05) is 6.42 Å². The van der Waals surface area contributed by atoms with Crippen molar-refractivity contribution in [2.24, 2.45) is 5.92 Å². The molecule has 1 saturated heterocycles. The van der Waals surface area contributed by atoms with Gasteiger partial charge < -0.3 is 4.74 Å². The standard InChI is InChI=1S/C16H24O/c1-4-12(2)9-13(3)15-7-5-14(6-8-15)10-16-11-17-16/h5-8,12-13,16H,4,9-11H2,1-3H3. The molecule has 1 fully saturated rings. The molecular weight excluding hydrogens is 208 g/mol. The van der Waals surface area contributed by atoms with Gasteiger partial charge in [-0.25, -0.2) is 0 Å². The third kappa shape index (κ3) is 3.85. The maximum absolute atomic E-state index is 5.26. The number of hydrogen-bond acceptors (Lipinski definition) is 1. The highest BCUT2D eigenvalue weighted by atomic mass is 16.6. The lowest BCUT2D eigenvalue weighted by molar-refractivity contribution is 0.407. The molecule has 1 heterocycles. The smallest absolute Gasteiger partial charge is 0.0850 e. The third-order valence-electron chi connectivity index (χ3n) is 3.87. The minimum Gasteiger partial charge on any atom is -0.373 e. The summed E-state index contributed by atoms with van der Waals surface area (Å²) in [6.07, 6.45) is 4.15. The molecule has 0 radical (unpaired) electrons. The van der Waals surface area contributed by atoms with Gasteiger partial charge in [0.1, 0.15) is 0 Å². The van der Waals surface area contributed by atoms with Gasteiger partial charge in [0.15, 0.2) is 0 Å². The zero-order chi connectivity index (χ0) is 12.3. The molecule has 0 aromatic heterocycles. The van der Waals surface area contributed by atoms with Gasteiger partial charge in [-0.3, -0.25) is 0 Å². The number of hydrogen-bond donors (Lipinski definition) is 0. The average Bonchev–Trinajstić information content (AvgIpc) is 3.13. The van der Waals surface area contributed by atoms with Crippen molar-refractivity contribution >= 4 is 0 Å². The number of benzene rings is 1. The Bertz CT molecular complexity index is 337. The summed E-state index contributed by atoms with van der Waals surface area (Å²) in [7, 11) is 0. The normalized spacial score (nSPS) is 22.2. The van der Waals surface area contributed by atoms with Crippen molar-refractivity contribution in [3.63, 3.8) is 0 Å². The molecule has 1 aliphatic rings. The predicted octanol–water partition coefficient (Wildman–Crippen LogP) is 4.17. The zero-order valence-electron chi connectivity index (χ0n) is 11.3. The minimum absolute atomic E-state index is 0.499. The van der Waals surface area contributed by atoms with Crippen LogP contribution < -0.4 is 0 Å². The molecule has 0 spiro atoms. The first-order chi connectivity index (χ1) is 8.19. The summed E-state index contributed by atoms with van der Waals surface area (Å²) in [4.78, 5) is 0. The Morgan fingerprint density at radius 2 is 1.88 bits per heavy atom. The first-order valence-corrected chi connectivity index (χ1v) is 6.89. The van der Waals surface area contributed by atoms with Crippen LogP contribution in [-0.4, -0.2) is 12.7 Å². The van der Waals surface area contributed by atoms with Gasteiger partial charge in [-0.1, -0.05) is 51.5 Å². The summed E-state index contributed by atoms with van der Waals surface area (Å²) in [5.74, 6) is 1.50. The topological polar surface area (TPSA) is 12.5 Å². The van der Waals surface area contributed by atoms with Gasteiger partial charge in [-0.05, 0) is 29.4 Å². The molecule has 0 saturated carbocycles. The van der Waals surface area contributed by atoms with E-state index in [0.717, 1.165) is 18.9 Å². The Kier molecular flexibility index (Phi) is 4.22. The zero-order valence-corrected chi connectivity index (χ0v) is 11.3. The Hall–Kier alpha value is -0.820. The van der Waals surface area contributed by atoms with Gasteiger partial charge in [-0.15, -0.1) is 0 Å². The molecule has 17 heavy (non-hydrogen) atoms. The SMILES string of the molecule is CCC(C)CC(C)c1ccc(CC2CO2)cc1. The molecule has 3 unspecified atom stereocenters. The van der Waals surface area contributed by atoms with E-state index in [1.807, 2.05) is 0 Å². The lowest BCUT2D eigenvalue weighted by atomic mass is 9.89. The van der Waals surface area contributed by atoms with Crippen LogP contribution in [0.4, 0.5) is 0 Å². The summed E-state index contributed by atoms with van der Waals surface area (Å²) >= 11 is 0. The van der Waals surface area contributed by atoms with Crippen LogP contribution in [0.3, 0.4) is 0 Å². The largest absolute Gasteiger partial charge is 0.373 e. The molecule has 1 aliphatic heterocycles. The lowest BCUT2D eigenvalue weighted by Crippen LogP contribution is -2.01. The maximum atomic E-state index is 5.26. The molecule has 0 amide bonds. The number of ether oxygens (including phenoxy) is 1. The first-order valence-electron chi connectivity index (χ1n) is 6.89. The Morgan fingerprint density at radius 3 is 2.41 bits per heavy atom. The Labute approximate surface area is 105 Å². The monoisotopic (exact) mass is 232 g/mol. The van der Waals surface area contributed by atoms with E-state index in [9.17, 15) is 0 Å². The van der Waals surface area contributed by atoms with Crippen LogP contribution in [0.25, 0.3) is 0 Å². The van der Waals surface area contributed by atoms with E-state index in [-0.39, 0.29) is 0 Å². The van der Waals surface area contributed by atoms with Crippen LogP contribution in [-0.2, 0) is 11.2 Å². The second-order valence-electron chi connectivity index (χ2n) is 5.55. The van der Waals surface area contributed by atoms with E-state index in [1.54, 1.807) is 0 Å². The highest BCUT2D eigenvalue weighted by Crippen LogP contribution is 2.25.